The largest absolute Gasteiger partial charge is 0.472 e. The first-order valence-electron chi connectivity index (χ1n) is 41.1. The average Bonchev–Trinajstić information content (AvgIpc) is 1.11. The molecule has 0 aromatic carbocycles. The van der Waals surface area contributed by atoms with Gasteiger partial charge in [0.15, 0.2) is 12.2 Å². The fourth-order valence-electron chi connectivity index (χ4n) is 11.9. The van der Waals surface area contributed by atoms with Crippen molar-refractivity contribution in [3.05, 3.63) is 24.3 Å². The molecule has 0 bridgehead atoms. The lowest BCUT2D eigenvalue weighted by molar-refractivity contribution is -0.161. The summed E-state index contributed by atoms with van der Waals surface area (Å²) in [6.45, 7) is 4.92. The molecule has 0 aromatic rings. The Kier molecular flexibility index (Phi) is 72.0. The van der Waals surface area contributed by atoms with Gasteiger partial charge in [-0.2, -0.15) is 0 Å². The molecule has 0 amide bonds. The van der Waals surface area contributed by atoms with Gasteiger partial charge in [0.05, 0.1) is 26.4 Å². The number of rotatable bonds is 79. The van der Waals surface area contributed by atoms with E-state index in [9.17, 15) is 43.2 Å². The first-order valence-corrected chi connectivity index (χ1v) is 44.1. The van der Waals surface area contributed by atoms with Crippen molar-refractivity contribution in [3.63, 3.8) is 0 Å². The predicted octanol–water partition coefficient (Wildman–Crippen LogP) is 23.7. The summed E-state index contributed by atoms with van der Waals surface area (Å²) >= 11 is 0. The lowest BCUT2D eigenvalue weighted by Gasteiger charge is -2.21. The summed E-state index contributed by atoms with van der Waals surface area (Å²) in [6, 6.07) is 0. The number of phosphoric acid groups is 2. The third-order valence-electron chi connectivity index (χ3n) is 18.2. The normalized spacial score (nSPS) is 14.0. The molecule has 0 aliphatic rings. The molecule has 3 N–H and O–H groups in total. The van der Waals surface area contributed by atoms with E-state index in [0.717, 1.165) is 109 Å². The summed E-state index contributed by atoms with van der Waals surface area (Å²) in [5, 5.41) is 10.6. The number of ether oxygens (including phenoxy) is 4. The van der Waals surface area contributed by atoms with Gasteiger partial charge in [0.2, 0.25) is 0 Å². The van der Waals surface area contributed by atoms with Gasteiger partial charge in [0.1, 0.15) is 19.3 Å². The van der Waals surface area contributed by atoms with Crippen molar-refractivity contribution in [2.24, 2.45) is 0 Å². The molecule has 99 heavy (non-hydrogen) atoms. The number of aliphatic hydroxyl groups is 1. The molecular weight excluding hydrogens is 1290 g/mol. The Morgan fingerprint density at radius 2 is 0.485 bits per heavy atom. The van der Waals surface area contributed by atoms with E-state index in [-0.39, 0.29) is 25.7 Å². The average molecular weight is 1450 g/mol. The first kappa shape index (κ1) is 96.5. The molecule has 0 spiro atoms. The highest BCUT2D eigenvalue weighted by Gasteiger charge is 2.30. The Balaban J connectivity index is 5.23. The van der Waals surface area contributed by atoms with Gasteiger partial charge in [-0.25, -0.2) is 9.13 Å². The smallest absolute Gasteiger partial charge is 0.462 e. The van der Waals surface area contributed by atoms with E-state index in [1.165, 1.54) is 218 Å². The van der Waals surface area contributed by atoms with Crippen molar-refractivity contribution in [1.29, 1.82) is 0 Å². The summed E-state index contributed by atoms with van der Waals surface area (Å²) in [5.41, 5.74) is 0. The Morgan fingerprint density at radius 1 is 0.283 bits per heavy atom. The van der Waals surface area contributed by atoms with Crippen molar-refractivity contribution in [1.82, 2.24) is 0 Å². The molecule has 0 aromatic heterocycles. The molecule has 19 heteroatoms. The molecule has 0 saturated carbocycles. The minimum Gasteiger partial charge on any atom is -0.462 e. The molecule has 0 heterocycles. The monoisotopic (exact) mass is 1450 g/mol. The van der Waals surface area contributed by atoms with Crippen LogP contribution in [0.25, 0.3) is 0 Å². The fraction of sp³-hybridized carbons (Fsp3) is 0.900. The van der Waals surface area contributed by atoms with Crippen LogP contribution in [-0.4, -0.2) is 96.7 Å². The Hall–Kier alpha value is -2.46. The highest BCUT2D eigenvalue weighted by atomic mass is 31.2. The maximum Gasteiger partial charge on any atom is 0.472 e. The molecule has 584 valence electrons. The van der Waals surface area contributed by atoms with Gasteiger partial charge in [0.25, 0.3) is 0 Å². The quantitative estimate of drug-likeness (QED) is 0.0169. The van der Waals surface area contributed by atoms with E-state index in [2.05, 4.69) is 52.0 Å². The van der Waals surface area contributed by atoms with Crippen LogP contribution < -0.4 is 0 Å². The number of unbranched alkanes of at least 4 members (excludes halogenated alkanes) is 50. The summed E-state index contributed by atoms with van der Waals surface area (Å²) < 4.78 is 68.6. The Bertz CT molecular complexity index is 1970. The van der Waals surface area contributed by atoms with E-state index >= 15 is 0 Å². The molecule has 0 rings (SSSR count). The molecule has 0 radical (unpaired) electrons. The molecule has 0 fully saturated rings. The molecule has 0 saturated heterocycles. The number of carbonyl (C=O) groups is 4. The third kappa shape index (κ3) is 73.6. The topological polar surface area (TPSA) is 237 Å². The van der Waals surface area contributed by atoms with E-state index in [4.69, 9.17) is 37.0 Å². The second-order valence-corrected chi connectivity index (χ2v) is 31.0. The van der Waals surface area contributed by atoms with Crippen LogP contribution in [0.2, 0.25) is 0 Å². The van der Waals surface area contributed by atoms with Gasteiger partial charge >= 0.3 is 39.5 Å². The lowest BCUT2D eigenvalue weighted by atomic mass is 10.0. The standard InChI is InChI=1S/C80H152O17P2/c1-5-9-13-17-21-25-28-31-34-36-38-41-43-46-49-53-57-61-65-78(83)91-71-76(97-80(85)67-63-59-55-51-48-45-42-39-37-35-32-29-26-22-18-14-10-6-2)73-95-99(88,89)93-69-74(81)68-92-98(86,87)94-72-75(70-90-77(82)64-60-56-52-24-20-16-12-8-4)96-79(84)66-62-58-54-50-47-44-40-33-30-27-23-19-15-11-7-3/h27,30,33,40,74-76,81H,5-26,28-29,31-32,34-39,41-73H2,1-4H3,(H,86,87)(H,88,89)/b30-27-,40-33-/t74-,75+,76+/m0/s1. The zero-order valence-corrected chi connectivity index (χ0v) is 65.7. The molecule has 17 nitrogen and oxygen atoms in total. The van der Waals surface area contributed by atoms with Gasteiger partial charge < -0.3 is 33.8 Å². The van der Waals surface area contributed by atoms with E-state index in [1.54, 1.807) is 0 Å². The molecule has 5 atom stereocenters. The highest BCUT2D eigenvalue weighted by molar-refractivity contribution is 7.47. The maximum absolute atomic E-state index is 13.1. The zero-order valence-electron chi connectivity index (χ0n) is 64.0. The van der Waals surface area contributed by atoms with Crippen molar-refractivity contribution >= 4 is 39.5 Å². The van der Waals surface area contributed by atoms with Gasteiger partial charge in [0, 0.05) is 25.7 Å². The van der Waals surface area contributed by atoms with Gasteiger partial charge in [-0.05, 0) is 51.4 Å². The van der Waals surface area contributed by atoms with Crippen molar-refractivity contribution in [3.8, 4) is 0 Å². The van der Waals surface area contributed by atoms with Crippen molar-refractivity contribution in [2.45, 2.75) is 425 Å². The van der Waals surface area contributed by atoms with Crippen molar-refractivity contribution < 1.29 is 80.2 Å². The number of hydrogen-bond acceptors (Lipinski definition) is 15. The summed E-state index contributed by atoms with van der Waals surface area (Å²) in [7, 11) is -9.92. The van der Waals surface area contributed by atoms with Crippen molar-refractivity contribution in [2.75, 3.05) is 39.6 Å². The summed E-state index contributed by atoms with van der Waals surface area (Å²) in [5.74, 6) is -2.14. The third-order valence-corrected chi connectivity index (χ3v) is 20.1. The predicted molar refractivity (Wildman–Crippen MR) is 405 cm³/mol. The van der Waals surface area contributed by atoms with Crippen LogP contribution in [0.5, 0.6) is 0 Å². The van der Waals surface area contributed by atoms with Crippen LogP contribution in [0, 0.1) is 0 Å². The number of phosphoric ester groups is 2. The van der Waals surface area contributed by atoms with E-state index in [1.807, 2.05) is 0 Å². The maximum atomic E-state index is 13.1. The number of esters is 4. The number of carbonyl (C=O) groups excluding carboxylic acids is 4. The minimum atomic E-state index is -4.96. The van der Waals surface area contributed by atoms with Crippen LogP contribution in [0.4, 0.5) is 0 Å². The minimum absolute atomic E-state index is 0.0855. The molecule has 0 aliphatic carbocycles. The Labute approximate surface area is 605 Å². The van der Waals surface area contributed by atoms with E-state index in [0.29, 0.717) is 25.7 Å². The second-order valence-electron chi connectivity index (χ2n) is 28.1. The van der Waals surface area contributed by atoms with Gasteiger partial charge in [-0.1, -0.05) is 354 Å². The van der Waals surface area contributed by atoms with Crippen LogP contribution in [-0.2, 0) is 65.4 Å². The highest BCUT2D eigenvalue weighted by Crippen LogP contribution is 2.45. The number of aliphatic hydroxyl groups excluding tert-OH is 1. The summed E-state index contributed by atoms with van der Waals surface area (Å²) in [4.78, 5) is 72.9. The Morgan fingerprint density at radius 3 is 0.737 bits per heavy atom. The molecule has 0 aliphatic heterocycles. The van der Waals surface area contributed by atoms with Crippen LogP contribution in [0.15, 0.2) is 24.3 Å². The van der Waals surface area contributed by atoms with Gasteiger partial charge in [-0.3, -0.25) is 37.3 Å². The summed E-state index contributed by atoms with van der Waals surface area (Å²) in [6.07, 6.45) is 68.9. The van der Waals surface area contributed by atoms with Gasteiger partial charge in [-0.15, -0.1) is 0 Å². The number of allylic oxidation sites excluding steroid dienone is 4. The SMILES string of the molecule is CCCCCC/C=C\C=C/CCCCCCCC(=O)O[C@H](COC(=O)CCCCCCCCCC)COP(=O)(O)OC[C@H](O)COP(=O)(O)OC[C@@H](COC(=O)CCCCCCCCCCCCCCCCCCCC)OC(=O)CCCCCCCCCCCCCCCCCCCC. The zero-order chi connectivity index (χ0) is 72.5. The lowest BCUT2D eigenvalue weighted by Crippen LogP contribution is -2.30. The fourth-order valence-corrected chi connectivity index (χ4v) is 13.5. The molecule has 2 unspecified atom stereocenters. The van der Waals surface area contributed by atoms with E-state index < -0.39 is 97.5 Å². The second kappa shape index (κ2) is 73.8. The molecular formula is C80H152O17P2. The first-order chi connectivity index (χ1) is 48.2. The van der Waals surface area contributed by atoms with Crippen LogP contribution >= 0.6 is 15.6 Å². The van der Waals surface area contributed by atoms with Crippen LogP contribution in [0.1, 0.15) is 407 Å². The number of hydrogen-bond donors (Lipinski definition) is 3. The van der Waals surface area contributed by atoms with Crippen LogP contribution in [0.3, 0.4) is 0 Å².